The molecule has 6 rings (SSSR count). The maximum absolute atomic E-state index is 3.85. The third kappa shape index (κ3) is 16.0. The average Bonchev–Trinajstić information content (AvgIpc) is 4.24. The van der Waals surface area contributed by atoms with Crippen molar-refractivity contribution in [2.45, 2.75) is 249 Å². The Kier molecular flexibility index (Phi) is 26.7. The fourth-order valence-corrected chi connectivity index (χ4v) is 24.9. The lowest BCUT2D eigenvalue weighted by Gasteiger charge is -2.42. The van der Waals surface area contributed by atoms with E-state index < -0.39 is 8.07 Å². The predicted octanol–water partition coefficient (Wildman–Crippen LogP) is 23.3. The summed E-state index contributed by atoms with van der Waals surface area (Å²) in [7, 11) is -1.82. The monoisotopic (exact) mass is 1090 g/mol. The Labute approximate surface area is 476 Å². The topological polar surface area (TPSA) is 0 Å². The lowest BCUT2D eigenvalue weighted by Crippen LogP contribution is -2.54. The molecule has 0 N–H and O–H groups in total. The second-order valence-electron chi connectivity index (χ2n) is 22.7. The summed E-state index contributed by atoms with van der Waals surface area (Å²) in [5, 5.41) is 9.73. The van der Waals surface area contributed by atoms with E-state index in [0.717, 1.165) is 25.7 Å². The summed E-state index contributed by atoms with van der Waals surface area (Å²) in [4.78, 5) is 1.36. The first-order chi connectivity index (χ1) is 36.3. The summed E-state index contributed by atoms with van der Waals surface area (Å²) >= 11 is 7.65. The Bertz CT molecular complexity index is 2880. The van der Waals surface area contributed by atoms with Crippen LogP contribution in [0.1, 0.15) is 252 Å². The van der Waals surface area contributed by atoms with Gasteiger partial charge in [0.1, 0.15) is 8.07 Å². The van der Waals surface area contributed by atoms with Gasteiger partial charge in [-0.1, -0.05) is 221 Å². The van der Waals surface area contributed by atoms with E-state index in [1.54, 1.807) is 4.50 Å². The molecule has 6 aromatic rings. The van der Waals surface area contributed by atoms with Crippen molar-refractivity contribution in [3.05, 3.63) is 62.2 Å². The van der Waals surface area contributed by atoms with Crippen LogP contribution in [0.15, 0.2) is 35.0 Å². The molecule has 0 aliphatic carbocycles. The first-order valence-electron chi connectivity index (χ1n) is 30.3. The van der Waals surface area contributed by atoms with Gasteiger partial charge in [-0.05, 0) is 114 Å². The third-order valence-corrected chi connectivity index (χ3v) is 28.4. The summed E-state index contributed by atoms with van der Waals surface area (Å²) in [6.45, 7) is 35.5. The molecule has 0 fully saturated rings. The highest BCUT2D eigenvalue weighted by atomic mass is 32.1. The fraction of sp³-hybridized carbons (Fsp3) is 0.600. The van der Waals surface area contributed by atoms with Gasteiger partial charge in [0.2, 0.25) is 0 Å². The molecule has 0 nitrogen and oxygen atoms in total. The van der Waals surface area contributed by atoms with E-state index in [0.29, 0.717) is 40.3 Å². The molecular weight excluding hydrogens is 997 g/mol. The number of rotatable bonds is 24. The molecule has 0 saturated carbocycles. The average molecular weight is 1100 g/mol. The number of hydrogen-bond acceptors (Lipinski definition) is 4. The SMILES string of the molecule is CCCCCCC(C#Cc1c2cc(C)sc2c(C#CC(CC)CCCC)c2cc([Si](C(C)C)(C(C)C)C(C)C)sc12)CC.CCCCCCC(C#Cc1c2ccsc2c(C#CC(CC)CCCC)c2ccsc12)CC. The molecule has 75 heavy (non-hydrogen) atoms. The molecule has 0 radical (unpaired) electrons. The molecule has 0 aliphatic heterocycles. The van der Waals surface area contributed by atoms with Crippen LogP contribution in [0, 0.1) is 78.0 Å². The van der Waals surface area contributed by atoms with Crippen molar-refractivity contribution in [2.24, 2.45) is 23.7 Å². The molecule has 0 aliphatic rings. The van der Waals surface area contributed by atoms with Crippen molar-refractivity contribution in [3.63, 3.8) is 0 Å². The minimum absolute atomic E-state index is 0.470. The van der Waals surface area contributed by atoms with Crippen molar-refractivity contribution < 1.29 is 0 Å². The number of fused-ring (bicyclic) bond motifs is 4. The minimum atomic E-state index is -1.82. The van der Waals surface area contributed by atoms with Gasteiger partial charge in [0.15, 0.2) is 0 Å². The van der Waals surface area contributed by atoms with Crippen LogP contribution in [0.3, 0.4) is 0 Å². The van der Waals surface area contributed by atoms with E-state index in [-0.39, 0.29) is 0 Å². The zero-order valence-corrected chi connectivity index (χ0v) is 54.0. The van der Waals surface area contributed by atoms with Gasteiger partial charge >= 0.3 is 0 Å². The number of unbranched alkanes of at least 4 members (excludes halogenated alkanes) is 8. The van der Waals surface area contributed by atoms with E-state index in [9.17, 15) is 0 Å². The molecule has 4 heterocycles. The molecular formula is C70H98S4Si. The zero-order chi connectivity index (χ0) is 54.5. The minimum Gasteiger partial charge on any atom is -0.144 e. The molecule has 5 heteroatoms. The molecule has 4 atom stereocenters. The predicted molar refractivity (Wildman–Crippen MR) is 349 cm³/mol. The zero-order valence-electron chi connectivity index (χ0n) is 49.8. The maximum Gasteiger partial charge on any atom is 0.107 e. The standard InChI is InChI=1S/C40H60S2Si.C30H38S2/c1-12-16-18-19-21-33(15-4)23-24-34-36-26-31(11)41-39(36)35(25-22-32(14-3)20-17-13-2)37-27-38(42-40(34)37)43(28(5)6,29(7)8)30(9)10;1-5-9-11-12-14-24(8-4)16-18-26-28-20-22-31-29(28)25(27-19-21-32-30(26)27)17-15-23(7-3)13-10-6-2/h26-30,32-33H,12-21H2,1-11H3;19-24H,5-14H2,1-4H3. The first kappa shape index (κ1) is 62.6. The van der Waals surface area contributed by atoms with Gasteiger partial charge in [0.05, 0.1) is 41.1 Å². The number of benzene rings is 2. The molecule has 406 valence electrons. The molecule has 0 bridgehead atoms. The largest absolute Gasteiger partial charge is 0.144 e. The smallest absolute Gasteiger partial charge is 0.107 e. The molecule has 0 spiro atoms. The van der Waals surface area contributed by atoms with Crippen LogP contribution in [-0.2, 0) is 0 Å². The fourth-order valence-electron chi connectivity index (χ4n) is 11.8. The van der Waals surface area contributed by atoms with Gasteiger partial charge in [-0.15, -0.1) is 45.3 Å². The van der Waals surface area contributed by atoms with Gasteiger partial charge < -0.3 is 0 Å². The van der Waals surface area contributed by atoms with Crippen LogP contribution < -0.4 is 4.50 Å². The summed E-state index contributed by atoms with van der Waals surface area (Å²) < 4.78 is 7.05. The second kappa shape index (κ2) is 32.0. The molecule has 0 amide bonds. The van der Waals surface area contributed by atoms with Crippen molar-refractivity contribution in [3.8, 4) is 47.4 Å². The number of aryl methyl sites for hydroxylation is 1. The van der Waals surface area contributed by atoms with Crippen molar-refractivity contribution in [1.82, 2.24) is 0 Å². The quantitative estimate of drug-likeness (QED) is 0.0322. The van der Waals surface area contributed by atoms with Crippen LogP contribution in [-0.4, -0.2) is 8.07 Å². The highest BCUT2D eigenvalue weighted by Crippen LogP contribution is 2.46. The maximum atomic E-state index is 3.85. The Balaban J connectivity index is 0.000000289. The van der Waals surface area contributed by atoms with Gasteiger partial charge in [-0.2, -0.15) is 0 Å². The van der Waals surface area contributed by atoms with E-state index >= 15 is 0 Å². The first-order valence-corrected chi connectivity index (χ1v) is 35.9. The van der Waals surface area contributed by atoms with Crippen LogP contribution in [0.4, 0.5) is 0 Å². The van der Waals surface area contributed by atoms with Crippen LogP contribution in [0.5, 0.6) is 0 Å². The Morgan fingerprint density at radius 1 is 0.400 bits per heavy atom. The van der Waals surface area contributed by atoms with Crippen molar-refractivity contribution >= 4 is 98.3 Å². The Morgan fingerprint density at radius 3 is 1.11 bits per heavy atom. The van der Waals surface area contributed by atoms with E-state index in [4.69, 9.17) is 0 Å². The summed E-state index contributed by atoms with van der Waals surface area (Å²) in [5.41, 5.74) is 7.04. The third-order valence-electron chi connectivity index (χ3n) is 16.4. The van der Waals surface area contributed by atoms with E-state index in [1.807, 2.05) is 34.0 Å². The second-order valence-corrected chi connectivity index (χ2v) is 33.0. The van der Waals surface area contributed by atoms with Gasteiger partial charge in [0, 0.05) is 50.1 Å². The van der Waals surface area contributed by atoms with Gasteiger partial charge in [0.25, 0.3) is 0 Å². The van der Waals surface area contributed by atoms with Crippen LogP contribution >= 0.6 is 45.3 Å². The van der Waals surface area contributed by atoms with E-state index in [1.165, 1.54) is 170 Å². The summed E-state index contributed by atoms with van der Waals surface area (Å²) in [6, 6.07) is 9.53. The molecule has 2 aromatic carbocycles. The molecule has 0 saturated heterocycles. The Morgan fingerprint density at radius 2 is 0.747 bits per heavy atom. The summed E-state index contributed by atoms with van der Waals surface area (Å²) in [5.74, 6) is 31.8. The lowest BCUT2D eigenvalue weighted by molar-refractivity contribution is 0.531. The summed E-state index contributed by atoms with van der Waals surface area (Å²) in [6.07, 6.45) is 24.9. The molecule has 4 aromatic heterocycles. The lowest BCUT2D eigenvalue weighted by atomic mass is 9.96. The van der Waals surface area contributed by atoms with Crippen molar-refractivity contribution in [2.75, 3.05) is 0 Å². The highest BCUT2D eigenvalue weighted by Gasteiger charge is 2.46. The number of hydrogen-bond donors (Lipinski definition) is 0. The van der Waals surface area contributed by atoms with E-state index in [2.05, 4.69) is 198 Å². The molecule has 4 unspecified atom stereocenters. The highest BCUT2D eigenvalue weighted by molar-refractivity contribution is 7.32. The van der Waals surface area contributed by atoms with Gasteiger partial charge in [-0.25, -0.2) is 0 Å². The van der Waals surface area contributed by atoms with Crippen molar-refractivity contribution in [1.29, 1.82) is 0 Å². The Hall–Kier alpha value is -3.26. The van der Waals surface area contributed by atoms with Crippen LogP contribution in [0.2, 0.25) is 16.6 Å². The van der Waals surface area contributed by atoms with Crippen LogP contribution in [0.25, 0.3) is 40.3 Å². The van der Waals surface area contributed by atoms with Gasteiger partial charge in [-0.3, -0.25) is 0 Å². The number of thiophene rings is 4. The normalized spacial score (nSPS) is 13.3.